The molecule has 0 radical (unpaired) electrons. The van der Waals surface area contributed by atoms with Crippen molar-refractivity contribution in [3.63, 3.8) is 0 Å². The lowest BCUT2D eigenvalue weighted by atomic mass is 10.0. The van der Waals surface area contributed by atoms with Crippen molar-refractivity contribution < 1.29 is 13.6 Å². The molecule has 0 spiro atoms. The Morgan fingerprint density at radius 3 is 2.50 bits per heavy atom. The molecule has 1 aliphatic heterocycles. The number of nitrogens with zero attached hydrogens (tertiary/aromatic N) is 1. The van der Waals surface area contributed by atoms with Crippen LogP contribution in [0.4, 0.5) is 8.78 Å². The number of carbonyl (C=O) groups excluding carboxylic acids is 1. The van der Waals surface area contributed by atoms with E-state index in [1.54, 1.807) is 0 Å². The van der Waals surface area contributed by atoms with Crippen molar-refractivity contribution in [3.8, 4) is 0 Å². The van der Waals surface area contributed by atoms with Gasteiger partial charge in [0.1, 0.15) is 0 Å². The molecule has 0 bridgehead atoms. The zero-order valence-electron chi connectivity index (χ0n) is 9.72. The summed E-state index contributed by atoms with van der Waals surface area (Å²) in [4.78, 5) is 12.7. The predicted molar refractivity (Wildman–Crippen MR) is 58.3 cm³/mol. The van der Waals surface area contributed by atoms with E-state index in [9.17, 15) is 13.6 Å². The van der Waals surface area contributed by atoms with E-state index in [-0.39, 0.29) is 5.91 Å². The molecule has 2 N–H and O–H groups in total. The van der Waals surface area contributed by atoms with Gasteiger partial charge in [0.05, 0.1) is 19.1 Å². The van der Waals surface area contributed by atoms with E-state index in [0.29, 0.717) is 6.42 Å². The number of alkyl halides is 2. The van der Waals surface area contributed by atoms with Gasteiger partial charge in [-0.15, -0.1) is 0 Å². The Balaban J connectivity index is 2.17. The quantitative estimate of drug-likeness (QED) is 0.712. The van der Waals surface area contributed by atoms with Crippen LogP contribution >= 0.6 is 0 Å². The average molecular weight is 234 g/mol. The summed E-state index contributed by atoms with van der Waals surface area (Å²) in [5, 5.41) is 0. The van der Waals surface area contributed by atoms with E-state index < -0.39 is 25.1 Å². The zero-order valence-corrected chi connectivity index (χ0v) is 9.72. The molecular formula is C11H20F2N2O. The number of rotatable bonds is 6. The van der Waals surface area contributed by atoms with Crippen molar-refractivity contribution in [2.75, 3.05) is 13.1 Å². The summed E-state index contributed by atoms with van der Waals surface area (Å²) < 4.78 is 25.1. The molecule has 1 rings (SSSR count). The molecule has 16 heavy (non-hydrogen) atoms. The van der Waals surface area contributed by atoms with Crippen LogP contribution in [-0.4, -0.2) is 35.9 Å². The Bertz CT molecular complexity index is 238. The van der Waals surface area contributed by atoms with E-state index in [2.05, 4.69) is 6.92 Å². The molecule has 0 saturated carbocycles. The van der Waals surface area contributed by atoms with Crippen molar-refractivity contribution in [2.24, 2.45) is 5.73 Å². The Labute approximate surface area is 95.0 Å². The molecule has 1 unspecified atom stereocenters. The number of carbonyl (C=O) groups is 1. The molecule has 0 aromatic rings. The van der Waals surface area contributed by atoms with E-state index >= 15 is 0 Å². The summed E-state index contributed by atoms with van der Waals surface area (Å²) in [6.45, 7) is 1.18. The van der Waals surface area contributed by atoms with Crippen molar-refractivity contribution in [1.82, 2.24) is 4.90 Å². The third-order valence-corrected chi connectivity index (χ3v) is 2.84. The van der Waals surface area contributed by atoms with Gasteiger partial charge in [-0.05, 0) is 6.42 Å². The van der Waals surface area contributed by atoms with Gasteiger partial charge in [0.25, 0.3) is 5.92 Å². The van der Waals surface area contributed by atoms with Gasteiger partial charge in [-0.3, -0.25) is 4.79 Å². The fraction of sp³-hybridized carbons (Fsp3) is 0.909. The minimum Gasteiger partial charge on any atom is -0.329 e. The van der Waals surface area contributed by atoms with Gasteiger partial charge in [0.15, 0.2) is 0 Å². The third-order valence-electron chi connectivity index (χ3n) is 2.84. The number of nitrogens with two attached hydrogens (primary N) is 1. The van der Waals surface area contributed by atoms with Crippen LogP contribution in [0.3, 0.4) is 0 Å². The minimum absolute atomic E-state index is 0.331. The van der Waals surface area contributed by atoms with Crippen molar-refractivity contribution in [2.45, 2.75) is 51.0 Å². The molecular weight excluding hydrogens is 214 g/mol. The summed E-state index contributed by atoms with van der Waals surface area (Å²) in [5.41, 5.74) is 5.66. The van der Waals surface area contributed by atoms with Crippen LogP contribution < -0.4 is 5.73 Å². The Morgan fingerprint density at radius 1 is 1.38 bits per heavy atom. The second-order valence-corrected chi connectivity index (χ2v) is 4.51. The smallest absolute Gasteiger partial charge is 0.282 e. The number of likely N-dealkylation sites (tertiary alicyclic amines) is 1. The topological polar surface area (TPSA) is 46.3 Å². The molecule has 0 aromatic heterocycles. The van der Waals surface area contributed by atoms with E-state index in [1.807, 2.05) is 0 Å². The number of halogens is 2. The van der Waals surface area contributed by atoms with Crippen LogP contribution in [0.15, 0.2) is 0 Å². The fourth-order valence-electron chi connectivity index (χ4n) is 1.82. The first-order valence-corrected chi connectivity index (χ1v) is 5.88. The van der Waals surface area contributed by atoms with Gasteiger partial charge in [-0.2, -0.15) is 0 Å². The summed E-state index contributed by atoms with van der Waals surface area (Å²) in [5.74, 6) is -3.03. The first-order chi connectivity index (χ1) is 7.46. The molecule has 5 heteroatoms. The van der Waals surface area contributed by atoms with Crippen molar-refractivity contribution >= 4 is 5.91 Å². The molecule has 94 valence electrons. The van der Waals surface area contributed by atoms with Crippen molar-refractivity contribution in [1.29, 1.82) is 0 Å². The number of amides is 1. The molecule has 1 amide bonds. The van der Waals surface area contributed by atoms with Gasteiger partial charge in [-0.25, -0.2) is 8.78 Å². The second kappa shape index (κ2) is 5.57. The molecule has 1 fully saturated rings. The van der Waals surface area contributed by atoms with E-state index in [1.165, 1.54) is 0 Å². The summed E-state index contributed by atoms with van der Waals surface area (Å²) in [7, 11) is 0. The summed E-state index contributed by atoms with van der Waals surface area (Å²) >= 11 is 0. The van der Waals surface area contributed by atoms with Crippen LogP contribution in [-0.2, 0) is 4.79 Å². The van der Waals surface area contributed by atoms with Gasteiger partial charge in [0.2, 0.25) is 5.91 Å². The number of hydrogen-bond donors (Lipinski definition) is 1. The van der Waals surface area contributed by atoms with Crippen LogP contribution in [0, 0.1) is 0 Å². The first kappa shape index (κ1) is 13.4. The summed E-state index contributed by atoms with van der Waals surface area (Å²) in [6.07, 6.45) is 4.80. The standard InChI is InChI=1S/C11H20F2N2O/c1-2-3-4-5-6-9(14)10(16)15-7-11(12,13)8-15/h9H,2-8,14H2,1H3. The number of unbranched alkanes of at least 4 members (excludes halogenated alkanes) is 3. The highest BCUT2D eigenvalue weighted by Gasteiger charge is 2.46. The van der Waals surface area contributed by atoms with E-state index in [0.717, 1.165) is 30.6 Å². The normalized spacial score (nSPS) is 20.4. The molecule has 0 aromatic carbocycles. The molecule has 1 atom stereocenters. The fourth-order valence-corrected chi connectivity index (χ4v) is 1.82. The lowest BCUT2D eigenvalue weighted by Crippen LogP contribution is -2.61. The highest BCUT2D eigenvalue weighted by molar-refractivity contribution is 5.82. The van der Waals surface area contributed by atoms with Gasteiger partial charge >= 0.3 is 0 Å². The van der Waals surface area contributed by atoms with Gasteiger partial charge < -0.3 is 10.6 Å². The van der Waals surface area contributed by atoms with Crippen LogP contribution in [0.5, 0.6) is 0 Å². The highest BCUT2D eigenvalue weighted by Crippen LogP contribution is 2.27. The van der Waals surface area contributed by atoms with Crippen LogP contribution in [0.2, 0.25) is 0 Å². The third kappa shape index (κ3) is 3.70. The lowest BCUT2D eigenvalue weighted by Gasteiger charge is -2.39. The predicted octanol–water partition coefficient (Wildman–Crippen LogP) is 1.76. The lowest BCUT2D eigenvalue weighted by molar-refractivity contribution is -0.167. The largest absolute Gasteiger partial charge is 0.329 e. The number of hydrogen-bond acceptors (Lipinski definition) is 2. The first-order valence-electron chi connectivity index (χ1n) is 5.88. The van der Waals surface area contributed by atoms with Gasteiger partial charge in [-0.1, -0.05) is 32.6 Å². The maximum Gasteiger partial charge on any atom is 0.282 e. The van der Waals surface area contributed by atoms with E-state index in [4.69, 9.17) is 5.73 Å². The second-order valence-electron chi connectivity index (χ2n) is 4.51. The molecule has 1 heterocycles. The SMILES string of the molecule is CCCCCCC(N)C(=O)N1CC(F)(F)C1. The zero-order chi connectivity index (χ0) is 12.2. The van der Waals surface area contributed by atoms with Crippen LogP contribution in [0.25, 0.3) is 0 Å². The Hall–Kier alpha value is -0.710. The maximum atomic E-state index is 12.5. The average Bonchev–Trinajstić information content (AvgIpc) is 2.19. The Morgan fingerprint density at radius 2 is 2.00 bits per heavy atom. The molecule has 0 aliphatic carbocycles. The molecule has 3 nitrogen and oxygen atoms in total. The Kier molecular flexibility index (Phi) is 4.65. The summed E-state index contributed by atoms with van der Waals surface area (Å²) in [6, 6.07) is -0.604. The monoisotopic (exact) mass is 234 g/mol. The van der Waals surface area contributed by atoms with Crippen LogP contribution in [0.1, 0.15) is 39.0 Å². The molecule has 1 aliphatic rings. The maximum absolute atomic E-state index is 12.5. The molecule has 1 saturated heterocycles. The highest BCUT2D eigenvalue weighted by atomic mass is 19.3. The van der Waals surface area contributed by atoms with Crippen molar-refractivity contribution in [3.05, 3.63) is 0 Å². The van der Waals surface area contributed by atoms with Gasteiger partial charge in [0, 0.05) is 0 Å². The minimum atomic E-state index is -2.70.